The SMILES string of the molecule is CCCn1nc(CCNC(=O)c2ccc(OC)cc2C)c2c1CCOC2. The Bertz CT molecular complexity index is 783. The van der Waals surface area contributed by atoms with Gasteiger partial charge in [-0.25, -0.2) is 0 Å². The van der Waals surface area contributed by atoms with Gasteiger partial charge in [0.05, 0.1) is 26.0 Å². The van der Waals surface area contributed by atoms with E-state index in [-0.39, 0.29) is 5.91 Å². The van der Waals surface area contributed by atoms with Crippen LogP contribution in [0, 0.1) is 6.92 Å². The van der Waals surface area contributed by atoms with Crippen molar-refractivity contribution in [3.63, 3.8) is 0 Å². The Labute approximate surface area is 154 Å². The van der Waals surface area contributed by atoms with Crippen molar-refractivity contribution >= 4 is 5.91 Å². The number of rotatable bonds is 7. The summed E-state index contributed by atoms with van der Waals surface area (Å²) in [6.45, 7) is 6.94. The zero-order chi connectivity index (χ0) is 18.5. The van der Waals surface area contributed by atoms with E-state index in [2.05, 4.69) is 16.9 Å². The largest absolute Gasteiger partial charge is 0.497 e. The first-order valence-electron chi connectivity index (χ1n) is 9.22. The Morgan fingerprint density at radius 1 is 1.42 bits per heavy atom. The molecule has 0 aliphatic carbocycles. The fraction of sp³-hybridized carbons (Fsp3) is 0.500. The number of aromatic nitrogens is 2. The fourth-order valence-corrected chi connectivity index (χ4v) is 3.38. The number of amides is 1. The van der Waals surface area contributed by atoms with E-state index < -0.39 is 0 Å². The Hall–Kier alpha value is -2.34. The number of carbonyl (C=O) groups is 1. The van der Waals surface area contributed by atoms with E-state index in [1.807, 2.05) is 19.1 Å². The molecule has 0 saturated carbocycles. The molecule has 26 heavy (non-hydrogen) atoms. The second-order valence-corrected chi connectivity index (χ2v) is 6.58. The van der Waals surface area contributed by atoms with Crippen molar-refractivity contribution in [2.24, 2.45) is 0 Å². The highest BCUT2D eigenvalue weighted by atomic mass is 16.5. The third-order valence-corrected chi connectivity index (χ3v) is 4.74. The Morgan fingerprint density at radius 3 is 3.00 bits per heavy atom. The highest BCUT2D eigenvalue weighted by Crippen LogP contribution is 2.22. The standard InChI is InChI=1S/C20H27N3O3/c1-4-10-23-19-8-11-26-13-17(19)18(22-23)7-9-21-20(24)16-6-5-15(25-3)12-14(16)2/h5-6,12H,4,7-11,13H2,1-3H3,(H,21,24). The van der Waals surface area contributed by atoms with Crippen LogP contribution in [0.4, 0.5) is 0 Å². The van der Waals surface area contributed by atoms with Crippen LogP contribution in [0.15, 0.2) is 18.2 Å². The minimum atomic E-state index is -0.0664. The summed E-state index contributed by atoms with van der Waals surface area (Å²) < 4.78 is 12.9. The highest BCUT2D eigenvalue weighted by Gasteiger charge is 2.21. The minimum absolute atomic E-state index is 0.0664. The summed E-state index contributed by atoms with van der Waals surface area (Å²) in [5.41, 5.74) is 5.12. The molecule has 1 amide bonds. The summed E-state index contributed by atoms with van der Waals surface area (Å²) in [5.74, 6) is 0.690. The monoisotopic (exact) mass is 357 g/mol. The predicted molar refractivity (Wildman–Crippen MR) is 99.6 cm³/mol. The van der Waals surface area contributed by atoms with E-state index in [1.54, 1.807) is 13.2 Å². The average Bonchev–Trinajstić information content (AvgIpc) is 3.00. The number of benzene rings is 1. The van der Waals surface area contributed by atoms with Gasteiger partial charge in [0.1, 0.15) is 5.75 Å². The Morgan fingerprint density at radius 2 is 2.27 bits per heavy atom. The predicted octanol–water partition coefficient (Wildman–Crippen LogP) is 2.66. The maximum atomic E-state index is 12.4. The van der Waals surface area contributed by atoms with Gasteiger partial charge in [-0.15, -0.1) is 0 Å². The molecule has 0 unspecified atom stereocenters. The van der Waals surface area contributed by atoms with E-state index in [0.717, 1.165) is 43.0 Å². The first-order chi connectivity index (χ1) is 12.6. The average molecular weight is 357 g/mol. The summed E-state index contributed by atoms with van der Waals surface area (Å²) in [5, 5.41) is 7.76. The summed E-state index contributed by atoms with van der Waals surface area (Å²) >= 11 is 0. The van der Waals surface area contributed by atoms with E-state index in [9.17, 15) is 4.79 Å². The van der Waals surface area contributed by atoms with Gasteiger partial charge in [0.15, 0.2) is 0 Å². The number of nitrogens with zero attached hydrogens (tertiary/aromatic N) is 2. The number of hydrogen-bond donors (Lipinski definition) is 1. The van der Waals surface area contributed by atoms with Crippen molar-refractivity contribution in [1.82, 2.24) is 15.1 Å². The van der Waals surface area contributed by atoms with Crippen LogP contribution in [0.1, 0.15) is 46.2 Å². The van der Waals surface area contributed by atoms with E-state index in [4.69, 9.17) is 14.6 Å². The molecule has 1 aromatic carbocycles. The second-order valence-electron chi connectivity index (χ2n) is 6.58. The third kappa shape index (κ3) is 3.90. The van der Waals surface area contributed by atoms with E-state index >= 15 is 0 Å². The van der Waals surface area contributed by atoms with Crippen LogP contribution >= 0.6 is 0 Å². The first-order valence-corrected chi connectivity index (χ1v) is 9.22. The molecule has 3 rings (SSSR count). The van der Waals surface area contributed by atoms with Crippen LogP contribution in [-0.2, 0) is 30.7 Å². The molecule has 0 atom stereocenters. The molecule has 0 radical (unpaired) electrons. The van der Waals surface area contributed by atoms with Crippen LogP contribution in [0.25, 0.3) is 0 Å². The Kier molecular flexibility index (Phi) is 5.93. The van der Waals surface area contributed by atoms with Crippen LogP contribution in [0.5, 0.6) is 5.75 Å². The van der Waals surface area contributed by atoms with Crippen LogP contribution < -0.4 is 10.1 Å². The molecule has 1 aliphatic rings. The van der Waals surface area contributed by atoms with Crippen molar-refractivity contribution in [1.29, 1.82) is 0 Å². The lowest BCUT2D eigenvalue weighted by Crippen LogP contribution is -2.26. The second kappa shape index (κ2) is 8.36. The number of fused-ring (bicyclic) bond motifs is 1. The zero-order valence-electron chi connectivity index (χ0n) is 15.8. The van der Waals surface area contributed by atoms with Gasteiger partial charge >= 0.3 is 0 Å². The highest BCUT2D eigenvalue weighted by molar-refractivity contribution is 5.95. The molecule has 6 nitrogen and oxygen atoms in total. The fourth-order valence-electron chi connectivity index (χ4n) is 3.38. The molecule has 2 heterocycles. The molecule has 0 saturated heterocycles. The summed E-state index contributed by atoms with van der Waals surface area (Å²) in [6.07, 6.45) is 2.69. The van der Waals surface area contributed by atoms with Crippen LogP contribution in [-0.4, -0.2) is 35.9 Å². The van der Waals surface area contributed by atoms with Crippen molar-refractivity contribution in [3.8, 4) is 5.75 Å². The molecule has 1 N–H and O–H groups in total. The van der Waals surface area contributed by atoms with Gasteiger partial charge in [0.25, 0.3) is 5.91 Å². The normalized spacial score (nSPS) is 13.3. The molecule has 0 spiro atoms. The topological polar surface area (TPSA) is 65.4 Å². The molecule has 0 bridgehead atoms. The number of methoxy groups -OCH3 is 1. The van der Waals surface area contributed by atoms with Crippen molar-refractivity contribution < 1.29 is 14.3 Å². The van der Waals surface area contributed by atoms with Crippen LogP contribution in [0.3, 0.4) is 0 Å². The maximum absolute atomic E-state index is 12.4. The number of aryl methyl sites for hydroxylation is 2. The Balaban J connectivity index is 1.64. The van der Waals surface area contributed by atoms with Gasteiger partial charge in [-0.2, -0.15) is 5.10 Å². The number of hydrogen-bond acceptors (Lipinski definition) is 4. The van der Waals surface area contributed by atoms with E-state index in [0.29, 0.717) is 25.1 Å². The molecular weight excluding hydrogens is 330 g/mol. The molecule has 6 heteroatoms. The zero-order valence-corrected chi connectivity index (χ0v) is 15.8. The summed E-state index contributed by atoms with van der Waals surface area (Å²) in [4.78, 5) is 12.4. The molecule has 2 aromatic rings. The van der Waals surface area contributed by atoms with Crippen molar-refractivity contribution in [2.75, 3.05) is 20.3 Å². The van der Waals surface area contributed by atoms with Gasteiger partial charge in [-0.05, 0) is 37.1 Å². The number of carbonyl (C=O) groups excluding carboxylic acids is 1. The smallest absolute Gasteiger partial charge is 0.251 e. The van der Waals surface area contributed by atoms with Gasteiger partial charge in [0, 0.05) is 42.8 Å². The lowest BCUT2D eigenvalue weighted by molar-refractivity contribution is 0.0953. The molecular formula is C20H27N3O3. The third-order valence-electron chi connectivity index (χ3n) is 4.74. The van der Waals surface area contributed by atoms with E-state index in [1.165, 1.54) is 11.3 Å². The van der Waals surface area contributed by atoms with Crippen molar-refractivity contribution in [2.45, 2.75) is 46.3 Å². The lowest BCUT2D eigenvalue weighted by Gasteiger charge is -2.15. The summed E-state index contributed by atoms with van der Waals surface area (Å²) in [6, 6.07) is 5.48. The van der Waals surface area contributed by atoms with Gasteiger partial charge in [-0.3, -0.25) is 9.48 Å². The van der Waals surface area contributed by atoms with Crippen molar-refractivity contribution in [3.05, 3.63) is 46.3 Å². The number of nitrogens with one attached hydrogen (secondary N) is 1. The molecule has 1 aliphatic heterocycles. The maximum Gasteiger partial charge on any atom is 0.251 e. The minimum Gasteiger partial charge on any atom is -0.497 e. The molecule has 0 fully saturated rings. The number of ether oxygens (including phenoxy) is 2. The molecule has 140 valence electrons. The summed E-state index contributed by atoms with van der Waals surface area (Å²) in [7, 11) is 1.62. The molecule has 1 aromatic heterocycles. The van der Waals surface area contributed by atoms with Crippen LogP contribution in [0.2, 0.25) is 0 Å². The van der Waals surface area contributed by atoms with Gasteiger partial charge in [-0.1, -0.05) is 6.92 Å². The quantitative estimate of drug-likeness (QED) is 0.827. The van der Waals surface area contributed by atoms with Gasteiger partial charge < -0.3 is 14.8 Å². The first kappa shape index (κ1) is 18.5. The van der Waals surface area contributed by atoms with Gasteiger partial charge in [0.2, 0.25) is 0 Å². The lowest BCUT2D eigenvalue weighted by atomic mass is 10.1.